The highest BCUT2D eigenvalue weighted by Crippen LogP contribution is 2.28. The molecule has 0 atom stereocenters. The normalized spacial score (nSPS) is 14.6. The first-order chi connectivity index (χ1) is 18.3. The van der Waals surface area contributed by atoms with E-state index in [0.717, 1.165) is 55.0 Å². The Balaban J connectivity index is 1.38. The van der Waals surface area contributed by atoms with Gasteiger partial charge in [0.25, 0.3) is 11.8 Å². The van der Waals surface area contributed by atoms with Crippen LogP contribution in [0.4, 0.5) is 5.69 Å². The van der Waals surface area contributed by atoms with Crippen LogP contribution in [0.1, 0.15) is 47.8 Å². The van der Waals surface area contributed by atoms with Gasteiger partial charge >= 0.3 is 0 Å². The average molecular weight is 534 g/mol. The lowest BCUT2D eigenvalue weighted by molar-refractivity contribution is 0.0960. The molecule has 1 aliphatic heterocycles. The number of rotatable bonds is 9. The van der Waals surface area contributed by atoms with E-state index in [1.807, 2.05) is 62.5 Å². The highest BCUT2D eigenvalue weighted by Gasteiger charge is 2.20. The second-order valence-electron chi connectivity index (χ2n) is 9.66. The molecule has 1 saturated heterocycles. The van der Waals surface area contributed by atoms with Gasteiger partial charge in [0.2, 0.25) is 0 Å². The van der Waals surface area contributed by atoms with Crippen molar-refractivity contribution in [3.8, 4) is 0 Å². The molecule has 2 heterocycles. The predicted molar refractivity (Wildman–Crippen MR) is 153 cm³/mol. The molecule has 2 amide bonds. The number of hydrogen-bond donors (Lipinski definition) is 3. The summed E-state index contributed by atoms with van der Waals surface area (Å²) >= 11 is 1.28. The van der Waals surface area contributed by atoms with E-state index in [1.54, 1.807) is 12.3 Å². The Morgan fingerprint density at radius 1 is 0.974 bits per heavy atom. The molecule has 1 aliphatic rings. The number of amides is 2. The van der Waals surface area contributed by atoms with E-state index in [1.165, 1.54) is 16.9 Å². The molecule has 0 spiro atoms. The first-order valence-electron chi connectivity index (χ1n) is 12.8. The summed E-state index contributed by atoms with van der Waals surface area (Å²) in [6, 6.07) is 13.6. The number of thiophene rings is 1. The number of nitrogens with one attached hydrogen (secondary N) is 2. The van der Waals surface area contributed by atoms with Crippen molar-refractivity contribution in [1.82, 2.24) is 15.2 Å². The number of carbonyl (C=O) groups excluding carboxylic acids is 2. The maximum atomic E-state index is 13.1. The van der Waals surface area contributed by atoms with Crippen LogP contribution in [0, 0.1) is 20.8 Å². The van der Waals surface area contributed by atoms with Crippen LogP contribution < -0.4 is 10.7 Å². The summed E-state index contributed by atoms with van der Waals surface area (Å²) in [5, 5.41) is 18.0. The molecule has 4 rings (SSSR count). The van der Waals surface area contributed by atoms with Crippen molar-refractivity contribution < 1.29 is 14.7 Å². The Morgan fingerprint density at radius 2 is 1.74 bits per heavy atom. The van der Waals surface area contributed by atoms with Gasteiger partial charge in [0.15, 0.2) is 0 Å². The monoisotopic (exact) mass is 533 g/mol. The number of hydrazone groups is 1. The minimum absolute atomic E-state index is 0.185. The van der Waals surface area contributed by atoms with Gasteiger partial charge in [0, 0.05) is 44.8 Å². The molecule has 9 heteroatoms. The van der Waals surface area contributed by atoms with Crippen molar-refractivity contribution in [3.05, 3.63) is 86.1 Å². The smallest absolute Gasteiger partial charge is 0.283 e. The summed E-state index contributed by atoms with van der Waals surface area (Å²) in [5.41, 5.74) is 8.77. The lowest BCUT2D eigenvalue weighted by Gasteiger charge is -2.34. The van der Waals surface area contributed by atoms with Crippen LogP contribution in [0.5, 0.6) is 0 Å². The molecule has 8 nitrogen and oxygen atoms in total. The third-order valence-electron chi connectivity index (χ3n) is 6.81. The second kappa shape index (κ2) is 12.9. The first kappa shape index (κ1) is 27.7. The van der Waals surface area contributed by atoms with E-state index >= 15 is 0 Å². The van der Waals surface area contributed by atoms with Crippen molar-refractivity contribution in [2.75, 3.05) is 44.6 Å². The van der Waals surface area contributed by atoms with Crippen molar-refractivity contribution >= 4 is 35.1 Å². The summed E-state index contributed by atoms with van der Waals surface area (Å²) in [5.74, 6) is -0.624. The zero-order chi connectivity index (χ0) is 27.1. The van der Waals surface area contributed by atoms with Crippen LogP contribution in [-0.4, -0.2) is 72.3 Å². The molecular formula is C29H35N5O3S. The van der Waals surface area contributed by atoms with Crippen LogP contribution in [0.15, 0.2) is 52.9 Å². The molecule has 38 heavy (non-hydrogen) atoms. The molecule has 0 unspecified atom stereocenters. The van der Waals surface area contributed by atoms with Gasteiger partial charge in [-0.25, -0.2) is 5.43 Å². The highest BCUT2D eigenvalue weighted by molar-refractivity contribution is 7.13. The maximum absolute atomic E-state index is 13.1. The van der Waals surface area contributed by atoms with Crippen LogP contribution in [0.2, 0.25) is 0 Å². The fourth-order valence-electron chi connectivity index (χ4n) is 4.40. The van der Waals surface area contributed by atoms with Gasteiger partial charge in [-0.15, -0.1) is 11.3 Å². The zero-order valence-corrected chi connectivity index (χ0v) is 23.0. The molecule has 3 aromatic rings. The molecule has 2 aromatic carbocycles. The van der Waals surface area contributed by atoms with Gasteiger partial charge in [0.05, 0.1) is 18.5 Å². The number of aliphatic hydroxyl groups is 1. The molecule has 200 valence electrons. The summed E-state index contributed by atoms with van der Waals surface area (Å²) in [7, 11) is 0. The van der Waals surface area contributed by atoms with Gasteiger partial charge in [-0.1, -0.05) is 30.3 Å². The van der Waals surface area contributed by atoms with Crippen LogP contribution >= 0.6 is 11.3 Å². The average Bonchev–Trinajstić information content (AvgIpc) is 3.27. The quantitative estimate of drug-likeness (QED) is 0.287. The number of hydrogen-bond acceptors (Lipinski definition) is 7. The number of carbonyl (C=O) groups is 2. The Bertz CT molecular complexity index is 1310. The molecule has 1 fully saturated rings. The molecule has 0 radical (unpaired) electrons. The van der Waals surface area contributed by atoms with Gasteiger partial charge in [-0.3, -0.25) is 19.4 Å². The summed E-state index contributed by atoms with van der Waals surface area (Å²) in [6.07, 6.45) is 1.61. The number of β-amino-alcohol motifs (C(OH)–C–C–N with tert-alkyl or cyclic N) is 1. The van der Waals surface area contributed by atoms with Gasteiger partial charge in [-0.05, 0) is 66.1 Å². The third-order valence-corrected chi connectivity index (χ3v) is 7.90. The van der Waals surface area contributed by atoms with Crippen molar-refractivity contribution in [1.29, 1.82) is 0 Å². The molecule has 0 aliphatic carbocycles. The number of nitrogens with zero attached hydrogens (tertiary/aromatic N) is 3. The SMILES string of the molecule is Cc1ccc(C=NNC(=O)c2scc(C)c2NC(=O)c2cccc(CN3CCN(CCO)CC3)c2)cc1C. The van der Waals surface area contributed by atoms with E-state index in [2.05, 4.69) is 25.6 Å². The Morgan fingerprint density at radius 3 is 2.47 bits per heavy atom. The molecule has 0 bridgehead atoms. The molecule has 0 saturated carbocycles. The van der Waals surface area contributed by atoms with E-state index in [0.29, 0.717) is 22.7 Å². The van der Waals surface area contributed by atoms with Gasteiger partial charge < -0.3 is 10.4 Å². The Kier molecular flexibility index (Phi) is 9.41. The Labute approximate surface area is 228 Å². The molecule has 1 aromatic heterocycles. The number of aliphatic hydroxyl groups excluding tert-OH is 1. The fourth-order valence-corrected chi connectivity index (χ4v) is 5.29. The zero-order valence-electron chi connectivity index (χ0n) is 22.2. The number of benzene rings is 2. The summed E-state index contributed by atoms with van der Waals surface area (Å²) < 4.78 is 0. The van der Waals surface area contributed by atoms with Crippen molar-refractivity contribution in [3.63, 3.8) is 0 Å². The van der Waals surface area contributed by atoms with E-state index in [4.69, 9.17) is 5.11 Å². The van der Waals surface area contributed by atoms with Gasteiger partial charge in [0.1, 0.15) is 4.88 Å². The number of aryl methyl sites for hydroxylation is 3. The minimum atomic E-state index is -0.368. The Hall–Kier alpha value is -3.37. The van der Waals surface area contributed by atoms with Crippen molar-refractivity contribution in [2.45, 2.75) is 27.3 Å². The lowest BCUT2D eigenvalue weighted by atomic mass is 10.1. The summed E-state index contributed by atoms with van der Waals surface area (Å²) in [6.45, 7) is 11.3. The second-order valence-corrected chi connectivity index (χ2v) is 10.5. The first-order valence-corrected chi connectivity index (χ1v) is 13.7. The largest absolute Gasteiger partial charge is 0.395 e. The molecule has 3 N–H and O–H groups in total. The van der Waals surface area contributed by atoms with Crippen LogP contribution in [0.3, 0.4) is 0 Å². The minimum Gasteiger partial charge on any atom is -0.395 e. The van der Waals surface area contributed by atoms with Gasteiger partial charge in [-0.2, -0.15) is 5.10 Å². The number of piperazine rings is 1. The van der Waals surface area contributed by atoms with Crippen molar-refractivity contribution in [2.24, 2.45) is 5.10 Å². The predicted octanol–water partition coefficient (Wildman–Crippen LogP) is 3.80. The lowest BCUT2D eigenvalue weighted by Crippen LogP contribution is -2.46. The standard InChI is InChI=1S/C29H35N5O3S/c1-20-7-8-23(15-21(20)2)17-30-32-29(37)27-26(22(3)19-38-27)31-28(36)25-6-4-5-24(16-25)18-34-11-9-33(10-12-34)13-14-35/h4-8,15-17,19,35H,9-14,18H2,1-3H3,(H,31,36)(H,32,37). The fraction of sp³-hybridized carbons (Fsp3) is 0.345. The van der Waals surface area contributed by atoms with E-state index in [-0.39, 0.29) is 18.4 Å². The highest BCUT2D eigenvalue weighted by atomic mass is 32.1. The summed E-state index contributed by atoms with van der Waals surface area (Å²) in [4.78, 5) is 31.0. The topological polar surface area (TPSA) is 97.3 Å². The van der Waals surface area contributed by atoms with E-state index < -0.39 is 0 Å². The number of anilines is 1. The van der Waals surface area contributed by atoms with Crippen LogP contribution in [-0.2, 0) is 6.54 Å². The molecular weight excluding hydrogens is 498 g/mol. The van der Waals surface area contributed by atoms with E-state index in [9.17, 15) is 9.59 Å². The maximum Gasteiger partial charge on any atom is 0.283 e. The third kappa shape index (κ3) is 7.14. The van der Waals surface area contributed by atoms with Crippen LogP contribution in [0.25, 0.3) is 0 Å².